The third kappa shape index (κ3) is 4.99. The number of carbonyl (C=O) groups is 1. The zero-order chi connectivity index (χ0) is 21.8. The Balaban J connectivity index is 1.71. The molecule has 3 aromatic carbocycles. The van der Waals surface area contributed by atoms with Gasteiger partial charge in [0.2, 0.25) is 0 Å². The highest BCUT2D eigenvalue weighted by Gasteiger charge is 2.16. The summed E-state index contributed by atoms with van der Waals surface area (Å²) in [6.45, 7) is 2.75. The van der Waals surface area contributed by atoms with E-state index in [1.54, 1.807) is 25.1 Å². The summed E-state index contributed by atoms with van der Waals surface area (Å²) in [5.41, 5.74) is 4.13. The molecule has 158 valence electrons. The molecule has 4 aromatic rings. The van der Waals surface area contributed by atoms with Crippen molar-refractivity contribution < 1.29 is 13.9 Å². The van der Waals surface area contributed by atoms with E-state index in [2.05, 4.69) is 32.6 Å². The van der Waals surface area contributed by atoms with Gasteiger partial charge in [-0.3, -0.25) is 0 Å². The van der Waals surface area contributed by atoms with Crippen LogP contribution in [0.1, 0.15) is 28.4 Å². The van der Waals surface area contributed by atoms with Crippen LogP contribution in [0.4, 0.5) is 4.39 Å². The average Bonchev–Trinajstić information content (AvgIpc) is 3.11. The van der Waals surface area contributed by atoms with Crippen LogP contribution < -0.4 is 0 Å². The second-order valence-corrected chi connectivity index (χ2v) is 8.71. The number of carbonyl (C=O) groups excluding carboxylic acids is 1. The predicted octanol–water partition coefficient (Wildman–Crippen LogP) is 6.46. The van der Waals surface area contributed by atoms with E-state index in [0.29, 0.717) is 24.5 Å². The summed E-state index contributed by atoms with van der Waals surface area (Å²) in [5.74, 6) is -0.0724. The first-order valence-corrected chi connectivity index (χ1v) is 11.6. The fraction of sp³-hybridized carbons (Fsp3) is 0.167. The summed E-state index contributed by atoms with van der Waals surface area (Å²) >= 11 is 5.02. The molecule has 31 heavy (non-hydrogen) atoms. The fourth-order valence-corrected chi connectivity index (χ4v) is 4.85. The van der Waals surface area contributed by atoms with Gasteiger partial charge in [-0.15, -0.1) is 0 Å². The molecule has 0 aliphatic carbocycles. The van der Waals surface area contributed by atoms with Crippen LogP contribution in [0, 0.1) is 5.82 Å². The first kappa shape index (κ1) is 21.6. The van der Waals surface area contributed by atoms with Gasteiger partial charge in [0.1, 0.15) is 5.82 Å². The third-order valence-corrected chi connectivity index (χ3v) is 6.57. The molecule has 0 bridgehead atoms. The Morgan fingerprint density at radius 3 is 2.71 bits per heavy atom. The molecule has 1 heterocycles. The number of imidazole rings is 1. The molecule has 0 aliphatic rings. The number of hydrogen-bond acceptors (Lipinski definition) is 4. The molecule has 0 atom stereocenters. The standard InChI is InChI=1S/C24H20BrFN2O2S/c1-2-30-23(29)17-8-11-22-21(13-17)27-24(28(22)14-16-6-4-3-5-7-16)31-15-18-12-19(26)9-10-20(18)25/h3-13H,2,14-15H2,1H3. The van der Waals surface area contributed by atoms with E-state index in [4.69, 9.17) is 9.72 Å². The molecule has 0 radical (unpaired) electrons. The quantitative estimate of drug-likeness (QED) is 0.216. The van der Waals surface area contributed by atoms with Crippen molar-refractivity contribution in [3.8, 4) is 0 Å². The lowest BCUT2D eigenvalue weighted by Gasteiger charge is -2.10. The molecule has 0 saturated heterocycles. The molecular weight excluding hydrogens is 479 g/mol. The Morgan fingerprint density at radius 2 is 1.94 bits per heavy atom. The number of thioether (sulfide) groups is 1. The second-order valence-electron chi connectivity index (χ2n) is 6.91. The summed E-state index contributed by atoms with van der Waals surface area (Å²) in [6.07, 6.45) is 0. The van der Waals surface area contributed by atoms with E-state index in [1.165, 1.54) is 23.9 Å². The number of aromatic nitrogens is 2. The maximum Gasteiger partial charge on any atom is 0.338 e. The van der Waals surface area contributed by atoms with Crippen LogP contribution in [-0.2, 0) is 17.0 Å². The van der Waals surface area contributed by atoms with Crippen molar-refractivity contribution in [3.63, 3.8) is 0 Å². The van der Waals surface area contributed by atoms with Gasteiger partial charge in [0, 0.05) is 10.2 Å². The van der Waals surface area contributed by atoms with Crippen LogP contribution in [-0.4, -0.2) is 22.1 Å². The third-order valence-electron chi connectivity index (χ3n) is 4.77. The maximum absolute atomic E-state index is 13.7. The van der Waals surface area contributed by atoms with E-state index >= 15 is 0 Å². The van der Waals surface area contributed by atoms with Crippen molar-refractivity contribution in [2.45, 2.75) is 24.4 Å². The molecule has 0 aliphatic heterocycles. The lowest BCUT2D eigenvalue weighted by atomic mass is 10.2. The van der Waals surface area contributed by atoms with Gasteiger partial charge in [-0.1, -0.05) is 58.0 Å². The van der Waals surface area contributed by atoms with Gasteiger partial charge in [-0.05, 0) is 54.4 Å². The summed E-state index contributed by atoms with van der Waals surface area (Å²) < 4.78 is 21.8. The van der Waals surface area contributed by atoms with Crippen molar-refractivity contribution in [1.29, 1.82) is 0 Å². The lowest BCUT2D eigenvalue weighted by molar-refractivity contribution is 0.0526. The van der Waals surface area contributed by atoms with Crippen LogP contribution in [0.2, 0.25) is 0 Å². The number of esters is 1. The topological polar surface area (TPSA) is 44.1 Å². The average molecular weight is 499 g/mol. The van der Waals surface area contributed by atoms with Crippen LogP contribution in [0.5, 0.6) is 0 Å². The summed E-state index contributed by atoms with van der Waals surface area (Å²) in [6, 6.07) is 20.2. The fourth-order valence-electron chi connectivity index (χ4n) is 3.27. The molecule has 4 nitrogen and oxygen atoms in total. The molecule has 0 spiro atoms. The minimum absolute atomic E-state index is 0.268. The van der Waals surface area contributed by atoms with Crippen molar-refractivity contribution in [1.82, 2.24) is 9.55 Å². The number of hydrogen-bond donors (Lipinski definition) is 0. The van der Waals surface area contributed by atoms with Gasteiger partial charge >= 0.3 is 5.97 Å². The number of rotatable bonds is 7. The van der Waals surface area contributed by atoms with Crippen LogP contribution in [0.25, 0.3) is 11.0 Å². The Labute approximate surface area is 192 Å². The van der Waals surface area contributed by atoms with Gasteiger partial charge < -0.3 is 9.30 Å². The largest absolute Gasteiger partial charge is 0.462 e. The zero-order valence-electron chi connectivity index (χ0n) is 16.8. The molecule has 0 unspecified atom stereocenters. The van der Waals surface area contributed by atoms with Crippen molar-refractivity contribution in [2.24, 2.45) is 0 Å². The minimum Gasteiger partial charge on any atom is -0.462 e. The highest BCUT2D eigenvalue weighted by molar-refractivity contribution is 9.10. The van der Waals surface area contributed by atoms with Crippen molar-refractivity contribution >= 4 is 44.7 Å². The Bertz CT molecular complexity index is 1230. The Morgan fingerprint density at radius 1 is 1.13 bits per heavy atom. The van der Waals surface area contributed by atoms with Gasteiger partial charge in [0.05, 0.1) is 29.7 Å². The highest BCUT2D eigenvalue weighted by atomic mass is 79.9. The molecule has 4 rings (SSSR count). The van der Waals surface area contributed by atoms with E-state index in [9.17, 15) is 9.18 Å². The van der Waals surface area contributed by atoms with E-state index in [-0.39, 0.29) is 11.8 Å². The van der Waals surface area contributed by atoms with Gasteiger partial charge in [0.15, 0.2) is 5.16 Å². The first-order valence-electron chi connectivity index (χ1n) is 9.83. The molecule has 7 heteroatoms. The summed E-state index contributed by atoms with van der Waals surface area (Å²) in [5, 5.41) is 0.802. The number of benzene rings is 3. The normalized spacial score (nSPS) is 11.1. The number of ether oxygens (including phenoxy) is 1. The molecule has 1 aromatic heterocycles. The minimum atomic E-state index is -0.361. The van der Waals surface area contributed by atoms with Gasteiger partial charge in [-0.25, -0.2) is 14.2 Å². The highest BCUT2D eigenvalue weighted by Crippen LogP contribution is 2.31. The van der Waals surface area contributed by atoms with Gasteiger partial charge in [0.25, 0.3) is 0 Å². The summed E-state index contributed by atoms with van der Waals surface area (Å²) in [7, 11) is 0. The summed E-state index contributed by atoms with van der Waals surface area (Å²) in [4.78, 5) is 16.9. The smallest absolute Gasteiger partial charge is 0.338 e. The van der Waals surface area contributed by atoms with E-state index in [0.717, 1.165) is 31.8 Å². The first-order chi connectivity index (χ1) is 15.0. The van der Waals surface area contributed by atoms with Gasteiger partial charge in [-0.2, -0.15) is 0 Å². The maximum atomic E-state index is 13.7. The monoisotopic (exact) mass is 498 g/mol. The molecular formula is C24H20BrFN2O2S. The zero-order valence-corrected chi connectivity index (χ0v) is 19.2. The van der Waals surface area contributed by atoms with Crippen molar-refractivity contribution in [2.75, 3.05) is 6.61 Å². The number of nitrogens with zero attached hydrogens (tertiary/aromatic N) is 2. The predicted molar refractivity (Wildman–Crippen MR) is 125 cm³/mol. The van der Waals surface area contributed by atoms with Crippen LogP contribution in [0.3, 0.4) is 0 Å². The van der Waals surface area contributed by atoms with E-state index in [1.807, 2.05) is 24.3 Å². The van der Waals surface area contributed by atoms with E-state index < -0.39 is 0 Å². The molecule has 0 amide bonds. The molecule has 0 saturated carbocycles. The molecule has 0 fully saturated rings. The number of fused-ring (bicyclic) bond motifs is 1. The second kappa shape index (κ2) is 9.66. The van der Waals surface area contributed by atoms with Crippen LogP contribution in [0.15, 0.2) is 76.4 Å². The number of halogens is 2. The lowest BCUT2D eigenvalue weighted by Crippen LogP contribution is -2.04. The molecule has 0 N–H and O–H groups in total. The van der Waals surface area contributed by atoms with Crippen LogP contribution >= 0.6 is 27.7 Å². The Kier molecular flexibility index (Phi) is 6.73. The van der Waals surface area contributed by atoms with Crippen molar-refractivity contribution in [3.05, 3.63) is 93.7 Å². The SMILES string of the molecule is CCOC(=O)c1ccc2c(c1)nc(SCc1cc(F)ccc1Br)n2Cc1ccccc1. The Hall–Kier alpha value is -2.64.